The van der Waals surface area contributed by atoms with Crippen molar-refractivity contribution in [2.45, 2.75) is 49.1 Å². The zero-order chi connectivity index (χ0) is 27.1. The van der Waals surface area contributed by atoms with Crippen LogP contribution in [0.1, 0.15) is 12.5 Å². The highest BCUT2D eigenvalue weighted by atomic mass is 32.9. The molecule has 2 aromatic rings. The highest BCUT2D eigenvalue weighted by Gasteiger charge is 2.48. The second-order valence-corrected chi connectivity index (χ2v) is 13.4. The standard InChI is InChI=1S/C18H23N4O12PS2/c23-5-7-14(13(28)16(32-7)22-4-2-10(25)20-18(22)30)34-35(36,37)31-6-8-11(26)12(27)15(33-8)21-3-1-9(24)19-17(21)29/h1-4,7-8,11-16,23,26-28H,5-6H2,(H,36,37)(H,19,24,29)(H,20,25,30)/t7-,8-,11-,12-,13-,14-,15-,16-/m1/s1. The van der Waals surface area contributed by atoms with Crippen LogP contribution in [0.25, 0.3) is 0 Å². The molecule has 2 aromatic heterocycles. The van der Waals surface area contributed by atoms with E-state index < -0.39 is 90.5 Å². The van der Waals surface area contributed by atoms with Gasteiger partial charge in [0.05, 0.1) is 13.2 Å². The van der Waals surface area contributed by atoms with Crippen LogP contribution in [-0.4, -0.2) is 89.4 Å². The molecule has 0 amide bonds. The van der Waals surface area contributed by atoms with Gasteiger partial charge in [-0.3, -0.25) is 28.7 Å². The maximum atomic E-state index is 12.1. The topological polar surface area (TPSA) is 228 Å². The zero-order valence-electron chi connectivity index (χ0n) is 18.6. The first-order chi connectivity index (χ1) is 17.4. The third-order valence-corrected chi connectivity index (χ3v) is 7.92. The molecule has 2 aliphatic rings. The van der Waals surface area contributed by atoms with Gasteiger partial charge in [-0.05, 0) is 11.8 Å². The molecule has 16 nitrogen and oxygen atoms in total. The number of aromatic nitrogens is 4. The molecular weight excluding hydrogens is 559 g/mol. The van der Waals surface area contributed by atoms with E-state index in [-0.39, 0.29) is 0 Å². The van der Waals surface area contributed by atoms with Gasteiger partial charge in [0.25, 0.3) is 11.1 Å². The summed E-state index contributed by atoms with van der Waals surface area (Å²) in [6.45, 7) is -1.09. The minimum Gasteiger partial charge on any atom is -0.394 e. The Balaban J connectivity index is 1.43. The molecule has 19 heteroatoms. The van der Waals surface area contributed by atoms with Crippen LogP contribution in [0.4, 0.5) is 0 Å². The van der Waals surface area contributed by atoms with Crippen molar-refractivity contribution in [3.63, 3.8) is 0 Å². The van der Waals surface area contributed by atoms with Crippen molar-refractivity contribution in [2.24, 2.45) is 0 Å². The van der Waals surface area contributed by atoms with Gasteiger partial charge < -0.3 is 38.9 Å². The van der Waals surface area contributed by atoms with Crippen molar-refractivity contribution in [2.75, 3.05) is 13.2 Å². The van der Waals surface area contributed by atoms with Gasteiger partial charge in [0.2, 0.25) is 5.69 Å². The Morgan fingerprint density at radius 1 is 0.919 bits per heavy atom. The summed E-state index contributed by atoms with van der Waals surface area (Å²) in [5.74, 6) is 0. The summed E-state index contributed by atoms with van der Waals surface area (Å²) in [6, 6.07) is 2.08. The van der Waals surface area contributed by atoms with Crippen molar-refractivity contribution < 1.29 is 38.9 Å². The van der Waals surface area contributed by atoms with Gasteiger partial charge in [0.1, 0.15) is 36.6 Å². The molecule has 2 aliphatic heterocycles. The van der Waals surface area contributed by atoms with E-state index in [1.54, 1.807) is 0 Å². The fourth-order valence-electron chi connectivity index (χ4n) is 3.93. The lowest BCUT2D eigenvalue weighted by molar-refractivity contribution is -0.0558. The van der Waals surface area contributed by atoms with Crippen LogP contribution in [0, 0.1) is 0 Å². The van der Waals surface area contributed by atoms with Gasteiger partial charge in [-0.1, -0.05) is 12.2 Å². The van der Waals surface area contributed by atoms with Crippen LogP contribution >= 0.6 is 17.9 Å². The molecule has 4 rings (SSSR count). The molecule has 1 unspecified atom stereocenters. The molecular formula is C18H23N4O12PS2. The molecule has 0 radical (unpaired) electrons. The summed E-state index contributed by atoms with van der Waals surface area (Å²) in [5, 5.41) is 41.1. The second kappa shape index (κ2) is 11.0. The Kier molecular flexibility index (Phi) is 8.37. The van der Waals surface area contributed by atoms with Crippen LogP contribution in [-0.2, 0) is 30.3 Å². The predicted octanol–water partition coefficient (Wildman–Crippen LogP) is -3.49. The van der Waals surface area contributed by atoms with E-state index in [1.165, 1.54) is 0 Å². The van der Waals surface area contributed by atoms with Gasteiger partial charge in [-0.15, -0.1) is 0 Å². The first-order valence-electron chi connectivity index (χ1n) is 10.7. The molecule has 204 valence electrons. The van der Waals surface area contributed by atoms with Crippen LogP contribution in [0.3, 0.4) is 0 Å². The number of ether oxygens (including phenoxy) is 2. The number of aromatic amines is 2. The van der Waals surface area contributed by atoms with Crippen molar-refractivity contribution in [3.8, 4) is 0 Å². The Bertz CT molecular complexity index is 1410. The van der Waals surface area contributed by atoms with Crippen LogP contribution < -0.4 is 22.5 Å². The zero-order valence-corrected chi connectivity index (χ0v) is 21.2. The third kappa shape index (κ3) is 5.89. The highest BCUT2D eigenvalue weighted by molar-refractivity contribution is 8.60. The fraction of sp³-hybridized carbons (Fsp3) is 0.556. The summed E-state index contributed by atoms with van der Waals surface area (Å²) >= 11 is 9.46. The Morgan fingerprint density at radius 2 is 1.43 bits per heavy atom. The van der Waals surface area contributed by atoms with Gasteiger partial charge in [-0.25, -0.2) is 9.59 Å². The minimum atomic E-state index is -3.53. The highest BCUT2D eigenvalue weighted by Crippen LogP contribution is 2.56. The smallest absolute Gasteiger partial charge is 0.330 e. The Hall–Kier alpha value is -1.96. The van der Waals surface area contributed by atoms with Crippen LogP contribution in [0.15, 0.2) is 43.7 Å². The number of nitrogens with one attached hydrogen (secondary N) is 2. The summed E-state index contributed by atoms with van der Waals surface area (Å²) in [4.78, 5) is 50.7. The number of rotatable bonds is 8. The van der Waals surface area contributed by atoms with Gasteiger partial charge in [0, 0.05) is 24.5 Å². The quantitative estimate of drug-likeness (QED) is 0.119. The van der Waals surface area contributed by atoms with Crippen molar-refractivity contribution in [1.82, 2.24) is 19.1 Å². The monoisotopic (exact) mass is 582 g/mol. The van der Waals surface area contributed by atoms with Crippen molar-refractivity contribution >= 4 is 29.7 Å². The minimum absolute atomic E-state index is 0.454. The largest absolute Gasteiger partial charge is 0.394 e. The van der Waals surface area contributed by atoms with Crippen molar-refractivity contribution in [1.29, 1.82) is 0 Å². The molecule has 2 fully saturated rings. The van der Waals surface area contributed by atoms with E-state index in [9.17, 15) is 39.6 Å². The fourth-order valence-corrected chi connectivity index (χ4v) is 5.90. The number of H-pyrrole nitrogens is 2. The van der Waals surface area contributed by atoms with E-state index >= 15 is 0 Å². The number of nitrogens with zero attached hydrogens (tertiary/aromatic N) is 2. The van der Waals surface area contributed by atoms with E-state index in [0.717, 1.165) is 33.7 Å². The summed E-state index contributed by atoms with van der Waals surface area (Å²) < 4.78 is 24.0. The average molecular weight is 583 g/mol. The molecule has 0 bridgehead atoms. The lowest BCUT2D eigenvalue weighted by Crippen LogP contribution is -2.38. The number of aliphatic hydroxyl groups is 4. The predicted molar refractivity (Wildman–Crippen MR) is 130 cm³/mol. The molecule has 0 saturated carbocycles. The summed E-state index contributed by atoms with van der Waals surface area (Å²) in [6.07, 6.45) is -8.73. The van der Waals surface area contributed by atoms with Gasteiger partial charge >= 0.3 is 11.4 Å². The second-order valence-electron chi connectivity index (χ2n) is 8.15. The lowest BCUT2D eigenvalue weighted by atomic mass is 10.1. The third-order valence-electron chi connectivity index (χ3n) is 5.73. The molecule has 9 atom stereocenters. The van der Waals surface area contributed by atoms with E-state index in [1.807, 2.05) is 9.97 Å². The SMILES string of the molecule is O=c1ccn([C@@H]2O[C@H](COP(=S)(S)O[C@H]3[C@@H](O)[C@H](n4ccc(=O)[nH]c4=O)O[C@@H]3CO)[C@@H](O)[C@H]2O)c(=O)[nH]1. The maximum absolute atomic E-state index is 12.1. The molecule has 0 spiro atoms. The molecule has 2 saturated heterocycles. The Morgan fingerprint density at radius 3 is 1.95 bits per heavy atom. The first kappa shape index (κ1) is 28.1. The van der Waals surface area contributed by atoms with E-state index in [4.69, 9.17) is 30.3 Å². The number of hydrogen-bond acceptors (Lipinski definition) is 13. The molecule has 0 aliphatic carbocycles. The molecule has 37 heavy (non-hydrogen) atoms. The average Bonchev–Trinajstić information content (AvgIpc) is 3.28. The van der Waals surface area contributed by atoms with Crippen LogP contribution in [0.5, 0.6) is 0 Å². The number of thiol groups is 1. The van der Waals surface area contributed by atoms with E-state index in [2.05, 4.69) is 12.2 Å². The number of hydrogen-bond donors (Lipinski definition) is 7. The number of aliphatic hydroxyl groups excluding tert-OH is 4. The van der Waals surface area contributed by atoms with Gasteiger partial charge in [-0.2, -0.15) is 0 Å². The van der Waals surface area contributed by atoms with Gasteiger partial charge in [0.15, 0.2) is 12.5 Å². The Labute approximate surface area is 216 Å². The summed E-state index contributed by atoms with van der Waals surface area (Å²) in [7, 11) is 0. The summed E-state index contributed by atoms with van der Waals surface area (Å²) in [5.41, 5.74) is -6.58. The molecule has 4 heterocycles. The van der Waals surface area contributed by atoms with Crippen molar-refractivity contribution in [3.05, 3.63) is 66.2 Å². The molecule has 0 aromatic carbocycles. The van der Waals surface area contributed by atoms with Crippen LogP contribution in [0.2, 0.25) is 0 Å². The molecule has 6 N–H and O–H groups in total. The van der Waals surface area contributed by atoms with E-state index in [0.29, 0.717) is 0 Å². The maximum Gasteiger partial charge on any atom is 0.330 e. The first-order valence-corrected chi connectivity index (χ1v) is 14.5. The lowest BCUT2D eigenvalue weighted by Gasteiger charge is -2.26. The normalized spacial score (nSPS) is 33.4.